The lowest BCUT2D eigenvalue weighted by molar-refractivity contribution is 0.414. The Morgan fingerprint density at radius 3 is 2.50 bits per heavy atom. The van der Waals surface area contributed by atoms with Gasteiger partial charge in [0, 0.05) is 11.7 Å². The maximum atomic E-state index is 10.5. The van der Waals surface area contributed by atoms with Crippen molar-refractivity contribution in [1.82, 2.24) is 0 Å². The summed E-state index contributed by atoms with van der Waals surface area (Å²) in [6.45, 7) is 0. The van der Waals surface area contributed by atoms with E-state index in [0.717, 1.165) is 11.3 Å². The van der Waals surface area contributed by atoms with E-state index in [0.29, 0.717) is 12.2 Å². The quantitative estimate of drug-likeness (QED) is 0.750. The Morgan fingerprint density at radius 1 is 1.43 bits per heavy atom. The van der Waals surface area contributed by atoms with Gasteiger partial charge in [0.2, 0.25) is 6.29 Å². The number of methoxy groups -OCH3 is 1. The Labute approximate surface area is 89.7 Å². The minimum absolute atomic E-state index is 0.119. The van der Waals surface area contributed by atoms with E-state index in [2.05, 4.69) is 12.6 Å². The van der Waals surface area contributed by atoms with E-state index >= 15 is 0 Å². The van der Waals surface area contributed by atoms with Gasteiger partial charge in [-0.05, 0) is 24.1 Å². The zero-order valence-corrected chi connectivity index (χ0v) is 8.96. The van der Waals surface area contributed by atoms with Crippen LogP contribution in [-0.2, 0) is 11.2 Å². The first-order valence-electron chi connectivity index (χ1n) is 4.41. The molecule has 1 unspecified atom stereocenters. The summed E-state index contributed by atoms with van der Waals surface area (Å²) in [6.07, 6.45) is 2.66. The number of hydrogen-bond donors (Lipinski definition) is 1. The van der Waals surface area contributed by atoms with Crippen LogP contribution in [0.4, 0.5) is 0 Å². The molecule has 0 spiro atoms. The van der Waals surface area contributed by atoms with Gasteiger partial charge in [-0.1, -0.05) is 12.1 Å². The van der Waals surface area contributed by atoms with E-state index in [4.69, 9.17) is 4.74 Å². The molecule has 1 rings (SSSR count). The van der Waals surface area contributed by atoms with Crippen molar-refractivity contribution in [3.8, 4) is 5.75 Å². The molecule has 1 atom stereocenters. The highest BCUT2D eigenvalue weighted by atomic mass is 32.1. The molecular weight excluding hydrogens is 196 g/mol. The van der Waals surface area contributed by atoms with Crippen molar-refractivity contribution in [3.05, 3.63) is 29.8 Å². The highest BCUT2D eigenvalue weighted by Gasteiger charge is 2.06. The zero-order valence-electron chi connectivity index (χ0n) is 8.06. The van der Waals surface area contributed by atoms with Crippen LogP contribution in [0.3, 0.4) is 0 Å². The lowest BCUT2D eigenvalue weighted by Gasteiger charge is -2.06. The van der Waals surface area contributed by atoms with Gasteiger partial charge in [-0.3, -0.25) is 4.79 Å². The largest absolute Gasteiger partial charge is 0.497 e. The van der Waals surface area contributed by atoms with E-state index < -0.39 is 0 Å². The van der Waals surface area contributed by atoms with Crippen LogP contribution < -0.4 is 4.74 Å². The summed E-state index contributed by atoms with van der Waals surface area (Å²) in [6, 6.07) is 7.67. The number of thiol groups is 1. The first-order chi connectivity index (χ1) is 6.80. The van der Waals surface area contributed by atoms with Crippen LogP contribution in [0.5, 0.6) is 5.75 Å². The number of hydrogen-bond acceptors (Lipinski definition) is 3. The molecule has 1 aromatic carbocycles. The zero-order chi connectivity index (χ0) is 10.4. The van der Waals surface area contributed by atoms with E-state index in [1.54, 1.807) is 7.11 Å². The summed E-state index contributed by atoms with van der Waals surface area (Å²) >= 11 is 4.08. The first-order valence-corrected chi connectivity index (χ1v) is 5.05. The Hall–Kier alpha value is -0.960. The molecule has 0 fully saturated rings. The minimum Gasteiger partial charge on any atom is -0.497 e. The summed E-state index contributed by atoms with van der Waals surface area (Å²) in [5.41, 5.74) is 1.10. The molecule has 0 heterocycles. The lowest BCUT2D eigenvalue weighted by atomic mass is 10.0. The molecule has 0 saturated heterocycles. The molecular formula is C11H13O2S. The van der Waals surface area contributed by atoms with Crippen LogP contribution >= 0.6 is 12.6 Å². The summed E-state index contributed by atoms with van der Waals surface area (Å²) in [5.74, 6) is 1.24. The number of rotatable bonds is 5. The van der Waals surface area contributed by atoms with Crippen LogP contribution in [-0.4, -0.2) is 19.1 Å². The topological polar surface area (TPSA) is 26.3 Å². The molecule has 1 radical (unpaired) electrons. The predicted molar refractivity (Wildman–Crippen MR) is 59.7 cm³/mol. The Balaban J connectivity index is 2.63. The van der Waals surface area contributed by atoms with Crippen molar-refractivity contribution < 1.29 is 9.53 Å². The average Bonchev–Trinajstić information content (AvgIpc) is 2.26. The third-order valence-corrected chi connectivity index (χ3v) is 2.47. The average molecular weight is 209 g/mol. The smallest absolute Gasteiger partial charge is 0.202 e. The molecule has 0 bridgehead atoms. The van der Waals surface area contributed by atoms with Crippen molar-refractivity contribution >= 4 is 18.9 Å². The molecule has 0 aliphatic carbocycles. The molecule has 14 heavy (non-hydrogen) atoms. The number of benzene rings is 1. The molecule has 1 aromatic rings. The molecule has 0 amide bonds. The molecule has 0 aromatic heterocycles. The van der Waals surface area contributed by atoms with E-state index in [9.17, 15) is 4.79 Å². The van der Waals surface area contributed by atoms with Gasteiger partial charge in [0.25, 0.3) is 0 Å². The van der Waals surface area contributed by atoms with Crippen molar-refractivity contribution in [3.63, 3.8) is 0 Å². The van der Waals surface area contributed by atoms with Crippen molar-refractivity contribution in [2.24, 2.45) is 5.92 Å². The minimum atomic E-state index is -0.119. The van der Waals surface area contributed by atoms with Crippen LogP contribution in [0.2, 0.25) is 0 Å². The normalized spacial score (nSPS) is 12.1. The van der Waals surface area contributed by atoms with E-state index in [-0.39, 0.29) is 5.92 Å². The molecule has 75 valence electrons. The van der Waals surface area contributed by atoms with Crippen molar-refractivity contribution in [2.45, 2.75) is 6.42 Å². The number of carbonyl (C=O) groups excluding carboxylic acids is 1. The second-order valence-corrected chi connectivity index (χ2v) is 3.41. The third kappa shape index (κ3) is 3.07. The fraction of sp³-hybridized carbons (Fsp3) is 0.364. The third-order valence-electron chi connectivity index (χ3n) is 2.03. The van der Waals surface area contributed by atoms with Gasteiger partial charge < -0.3 is 4.74 Å². The van der Waals surface area contributed by atoms with Gasteiger partial charge in [-0.25, -0.2) is 0 Å². The molecule has 0 aliphatic rings. The van der Waals surface area contributed by atoms with Crippen LogP contribution in [0, 0.1) is 5.92 Å². The van der Waals surface area contributed by atoms with Crippen LogP contribution in [0.25, 0.3) is 0 Å². The van der Waals surface area contributed by atoms with Crippen molar-refractivity contribution in [2.75, 3.05) is 12.9 Å². The van der Waals surface area contributed by atoms with Gasteiger partial charge in [-0.2, -0.15) is 12.6 Å². The molecule has 3 heteroatoms. The first kappa shape index (κ1) is 11.1. The second kappa shape index (κ2) is 5.70. The van der Waals surface area contributed by atoms with Gasteiger partial charge in [-0.15, -0.1) is 0 Å². The van der Waals surface area contributed by atoms with Gasteiger partial charge in [0.1, 0.15) is 5.75 Å². The summed E-state index contributed by atoms with van der Waals surface area (Å²) in [5, 5.41) is 0. The summed E-state index contributed by atoms with van der Waals surface area (Å²) in [4.78, 5) is 10.5. The second-order valence-electron chi connectivity index (χ2n) is 3.05. The monoisotopic (exact) mass is 209 g/mol. The maximum Gasteiger partial charge on any atom is 0.202 e. The Morgan fingerprint density at radius 2 is 2.07 bits per heavy atom. The van der Waals surface area contributed by atoms with Crippen molar-refractivity contribution in [1.29, 1.82) is 0 Å². The molecule has 2 nitrogen and oxygen atoms in total. The Bertz CT molecular complexity index is 282. The van der Waals surface area contributed by atoms with E-state index in [1.807, 2.05) is 30.6 Å². The standard InChI is InChI=1S/C11H13O2S/c1-13-11-4-2-9(3-5-11)6-10(7-12)8-14/h2-5,10,14H,6,8H2,1H3. The number of ether oxygens (including phenoxy) is 1. The van der Waals surface area contributed by atoms with Gasteiger partial charge in [0.05, 0.1) is 7.11 Å². The highest BCUT2D eigenvalue weighted by Crippen LogP contribution is 2.14. The lowest BCUT2D eigenvalue weighted by Crippen LogP contribution is -2.07. The van der Waals surface area contributed by atoms with Gasteiger partial charge >= 0.3 is 0 Å². The fourth-order valence-electron chi connectivity index (χ4n) is 1.19. The SMILES string of the molecule is COc1ccc(CC([C]=O)CS)cc1. The predicted octanol–water partition coefficient (Wildman–Crippen LogP) is 1.89. The van der Waals surface area contributed by atoms with Gasteiger partial charge in [0.15, 0.2) is 0 Å². The van der Waals surface area contributed by atoms with Crippen LogP contribution in [0.15, 0.2) is 24.3 Å². The molecule has 0 N–H and O–H groups in total. The maximum absolute atomic E-state index is 10.5. The summed E-state index contributed by atoms with van der Waals surface area (Å²) < 4.78 is 5.03. The molecule has 0 aliphatic heterocycles. The van der Waals surface area contributed by atoms with E-state index in [1.165, 1.54) is 0 Å². The Kier molecular flexibility index (Phi) is 4.53. The molecule has 0 saturated carbocycles. The highest BCUT2D eigenvalue weighted by molar-refractivity contribution is 7.80. The fourth-order valence-corrected chi connectivity index (χ4v) is 1.39. The summed E-state index contributed by atoms with van der Waals surface area (Å²) in [7, 11) is 1.63. The van der Waals surface area contributed by atoms with Crippen LogP contribution in [0.1, 0.15) is 5.56 Å².